The highest BCUT2D eigenvalue weighted by atomic mass is 19.2. The molecule has 0 bridgehead atoms. The Morgan fingerprint density at radius 2 is 1.55 bits per heavy atom. The molecule has 0 aromatic heterocycles. The number of halogens is 3. The van der Waals surface area contributed by atoms with Crippen molar-refractivity contribution in [3.63, 3.8) is 0 Å². The molecule has 0 aliphatic carbocycles. The summed E-state index contributed by atoms with van der Waals surface area (Å²) in [5.74, 6) is -6.12. The molecule has 29 heavy (non-hydrogen) atoms. The van der Waals surface area contributed by atoms with E-state index < -0.39 is 41.1 Å². The molecule has 156 valence electrons. The van der Waals surface area contributed by atoms with Crippen LogP contribution in [-0.4, -0.2) is 39.3 Å². The van der Waals surface area contributed by atoms with Gasteiger partial charge in [0.2, 0.25) is 5.75 Å². The molecule has 2 aromatic carbocycles. The van der Waals surface area contributed by atoms with Crippen LogP contribution in [0, 0.1) is 17.5 Å². The molecule has 1 amide bonds. The van der Waals surface area contributed by atoms with Crippen molar-refractivity contribution in [1.29, 1.82) is 0 Å². The van der Waals surface area contributed by atoms with Crippen LogP contribution in [0.2, 0.25) is 0 Å². The molecule has 0 fully saturated rings. The van der Waals surface area contributed by atoms with E-state index in [0.717, 1.165) is 6.07 Å². The Hall–Kier alpha value is -3.43. The minimum absolute atomic E-state index is 0.0242. The van der Waals surface area contributed by atoms with Gasteiger partial charge in [0.25, 0.3) is 5.91 Å². The van der Waals surface area contributed by atoms with Crippen LogP contribution in [0.25, 0.3) is 0 Å². The Balaban J connectivity index is 2.18. The van der Waals surface area contributed by atoms with Crippen molar-refractivity contribution < 1.29 is 41.7 Å². The maximum absolute atomic E-state index is 13.7. The number of nitrogens with one attached hydrogen (secondary N) is 1. The number of benzene rings is 2. The summed E-state index contributed by atoms with van der Waals surface area (Å²) < 4.78 is 60.5. The molecule has 7 nitrogen and oxygen atoms in total. The number of anilines is 1. The monoisotopic (exact) mass is 413 g/mol. The second kappa shape index (κ2) is 9.18. The lowest BCUT2D eigenvalue weighted by Gasteiger charge is -2.17. The Morgan fingerprint density at radius 3 is 2.14 bits per heavy atom. The fourth-order valence-electron chi connectivity index (χ4n) is 2.40. The van der Waals surface area contributed by atoms with E-state index in [4.69, 9.17) is 18.9 Å². The van der Waals surface area contributed by atoms with Crippen molar-refractivity contribution in [2.75, 3.05) is 26.6 Å². The first-order valence-corrected chi connectivity index (χ1v) is 8.19. The Labute approximate surface area is 164 Å². The van der Waals surface area contributed by atoms with Gasteiger partial charge in [0.05, 0.1) is 27.0 Å². The first-order chi connectivity index (χ1) is 13.7. The van der Waals surface area contributed by atoms with Crippen molar-refractivity contribution in [1.82, 2.24) is 0 Å². The fraction of sp³-hybridized carbons (Fsp3) is 0.263. The van der Waals surface area contributed by atoms with Gasteiger partial charge in [-0.3, -0.25) is 4.79 Å². The Morgan fingerprint density at radius 1 is 0.897 bits per heavy atom. The van der Waals surface area contributed by atoms with Gasteiger partial charge in [-0.1, -0.05) is 0 Å². The van der Waals surface area contributed by atoms with Crippen molar-refractivity contribution in [3.05, 3.63) is 47.3 Å². The van der Waals surface area contributed by atoms with Crippen LogP contribution < -0.4 is 19.5 Å². The zero-order valence-corrected chi connectivity index (χ0v) is 16.0. The third kappa shape index (κ3) is 4.53. The topological polar surface area (TPSA) is 83.1 Å². The maximum atomic E-state index is 13.7. The van der Waals surface area contributed by atoms with Crippen molar-refractivity contribution in [2.24, 2.45) is 0 Å². The fourth-order valence-corrected chi connectivity index (χ4v) is 2.40. The number of rotatable bonds is 7. The second-order valence-electron chi connectivity index (χ2n) is 5.64. The Kier molecular flexibility index (Phi) is 6.92. The maximum Gasteiger partial charge on any atom is 0.342 e. The van der Waals surface area contributed by atoms with Crippen LogP contribution in [-0.2, 0) is 9.53 Å². The molecule has 1 N–H and O–H groups in total. The van der Waals surface area contributed by atoms with E-state index in [1.54, 1.807) is 0 Å². The first-order valence-electron chi connectivity index (χ1n) is 8.19. The van der Waals surface area contributed by atoms with Gasteiger partial charge in [-0.05, 0) is 31.2 Å². The highest BCUT2D eigenvalue weighted by molar-refractivity contribution is 5.99. The number of carbonyl (C=O) groups is 2. The standard InChI is InChI=1S/C19H18F3NO6/c1-9(18(24)23-12-7-6-11(20)14(21)15(12)22)29-19(25)10-5-8-13(26-2)17(28-4)16(10)27-3/h5-9H,1-4H3,(H,23,24)/t9-/m1/s1. The van der Waals surface area contributed by atoms with E-state index in [0.29, 0.717) is 11.8 Å². The molecule has 0 saturated heterocycles. The van der Waals surface area contributed by atoms with Crippen LogP contribution in [0.1, 0.15) is 17.3 Å². The number of hydrogen-bond donors (Lipinski definition) is 1. The van der Waals surface area contributed by atoms with Gasteiger partial charge in [-0.2, -0.15) is 0 Å². The van der Waals surface area contributed by atoms with E-state index in [2.05, 4.69) is 0 Å². The van der Waals surface area contributed by atoms with Gasteiger partial charge in [-0.15, -0.1) is 0 Å². The summed E-state index contributed by atoms with van der Waals surface area (Å²) in [5.41, 5.74) is -0.649. The smallest absolute Gasteiger partial charge is 0.342 e. The molecular weight excluding hydrogens is 395 g/mol. The van der Waals surface area contributed by atoms with Crippen LogP contribution in [0.3, 0.4) is 0 Å². The van der Waals surface area contributed by atoms with E-state index in [1.165, 1.54) is 40.4 Å². The summed E-state index contributed by atoms with van der Waals surface area (Å²) in [6.45, 7) is 1.22. The summed E-state index contributed by atoms with van der Waals surface area (Å²) in [4.78, 5) is 24.6. The molecule has 1 atom stereocenters. The van der Waals surface area contributed by atoms with Crippen molar-refractivity contribution in [2.45, 2.75) is 13.0 Å². The van der Waals surface area contributed by atoms with Crippen LogP contribution in [0.15, 0.2) is 24.3 Å². The van der Waals surface area contributed by atoms with Gasteiger partial charge in [0.1, 0.15) is 5.56 Å². The average Bonchev–Trinajstić information content (AvgIpc) is 2.72. The molecule has 0 unspecified atom stereocenters. The number of hydrogen-bond acceptors (Lipinski definition) is 6. The van der Waals surface area contributed by atoms with E-state index in [9.17, 15) is 22.8 Å². The SMILES string of the molecule is COc1ccc(C(=O)O[C@H](C)C(=O)Nc2ccc(F)c(F)c2F)c(OC)c1OC. The van der Waals surface area contributed by atoms with Crippen molar-refractivity contribution in [3.8, 4) is 17.2 Å². The minimum atomic E-state index is -1.73. The van der Waals surface area contributed by atoms with Crippen LogP contribution >= 0.6 is 0 Å². The van der Waals surface area contributed by atoms with Crippen LogP contribution in [0.5, 0.6) is 17.2 Å². The first kappa shape index (κ1) is 21.9. The van der Waals surface area contributed by atoms with Gasteiger partial charge in [0, 0.05) is 0 Å². The molecular formula is C19H18F3NO6. The van der Waals surface area contributed by atoms with Gasteiger partial charge in [0.15, 0.2) is 35.1 Å². The third-order valence-corrected chi connectivity index (χ3v) is 3.87. The zero-order chi connectivity index (χ0) is 21.7. The largest absolute Gasteiger partial charge is 0.493 e. The van der Waals surface area contributed by atoms with Crippen molar-refractivity contribution >= 4 is 17.6 Å². The molecule has 10 heteroatoms. The molecule has 2 rings (SSSR count). The lowest BCUT2D eigenvalue weighted by molar-refractivity contribution is -0.123. The number of ether oxygens (including phenoxy) is 4. The normalized spacial score (nSPS) is 11.4. The molecule has 0 radical (unpaired) electrons. The second-order valence-corrected chi connectivity index (χ2v) is 5.64. The lowest BCUT2D eigenvalue weighted by atomic mass is 10.1. The average molecular weight is 413 g/mol. The molecule has 0 spiro atoms. The highest BCUT2D eigenvalue weighted by Gasteiger charge is 2.26. The third-order valence-electron chi connectivity index (χ3n) is 3.87. The predicted octanol–water partition coefficient (Wildman–Crippen LogP) is 3.31. The van der Waals surface area contributed by atoms with E-state index >= 15 is 0 Å². The predicted molar refractivity (Wildman–Crippen MR) is 95.9 cm³/mol. The van der Waals surface area contributed by atoms with Gasteiger partial charge < -0.3 is 24.3 Å². The summed E-state index contributed by atoms with van der Waals surface area (Å²) >= 11 is 0. The number of carbonyl (C=O) groups excluding carboxylic acids is 2. The number of methoxy groups -OCH3 is 3. The summed E-state index contributed by atoms with van der Waals surface area (Å²) in [6, 6.07) is 4.29. The molecule has 2 aromatic rings. The summed E-state index contributed by atoms with van der Waals surface area (Å²) in [6.07, 6.45) is -1.40. The minimum Gasteiger partial charge on any atom is -0.493 e. The quantitative estimate of drug-likeness (QED) is 0.554. The molecule has 0 aliphatic rings. The summed E-state index contributed by atoms with van der Waals surface area (Å²) in [5, 5.41) is 2.03. The van der Waals surface area contributed by atoms with E-state index in [1.807, 2.05) is 5.32 Å². The van der Waals surface area contributed by atoms with Crippen LogP contribution in [0.4, 0.5) is 18.9 Å². The number of amides is 1. The zero-order valence-electron chi connectivity index (χ0n) is 16.0. The van der Waals surface area contributed by atoms with E-state index in [-0.39, 0.29) is 17.1 Å². The molecule has 0 saturated carbocycles. The molecule has 0 aliphatic heterocycles. The highest BCUT2D eigenvalue weighted by Crippen LogP contribution is 2.40. The molecule has 0 heterocycles. The lowest BCUT2D eigenvalue weighted by Crippen LogP contribution is -2.30. The van der Waals surface area contributed by atoms with Gasteiger partial charge >= 0.3 is 5.97 Å². The Bertz CT molecular complexity index is 935. The van der Waals surface area contributed by atoms with Gasteiger partial charge in [-0.25, -0.2) is 18.0 Å². The number of esters is 1. The summed E-state index contributed by atoms with van der Waals surface area (Å²) in [7, 11) is 4.05.